The number of hydrogen-bond donors (Lipinski definition) is 2. The van der Waals surface area contributed by atoms with Gasteiger partial charge in [0.2, 0.25) is 5.78 Å². The fraction of sp³-hybridized carbons (Fsp3) is 0.393. The normalized spacial score (nSPS) is 18.7. The Labute approximate surface area is 222 Å². The van der Waals surface area contributed by atoms with Crippen molar-refractivity contribution in [3.05, 3.63) is 76.1 Å². The molecule has 8 nitrogen and oxygen atoms in total. The molecule has 0 aliphatic heterocycles. The summed E-state index contributed by atoms with van der Waals surface area (Å²) in [5, 5.41) is 2.93. The Kier molecular flexibility index (Phi) is 9.97. The van der Waals surface area contributed by atoms with E-state index in [4.69, 9.17) is 31.5 Å². The number of carbonyl (C=O) groups excluding carboxylic acids is 3. The predicted molar refractivity (Wildman–Crippen MR) is 140 cm³/mol. The van der Waals surface area contributed by atoms with Crippen LogP contribution in [0, 0.1) is 11.8 Å². The Morgan fingerprint density at radius 1 is 1.08 bits per heavy atom. The molecule has 0 aromatic heterocycles. The van der Waals surface area contributed by atoms with Crippen molar-refractivity contribution in [3.63, 3.8) is 0 Å². The number of rotatable bonds is 9. The Balaban J connectivity index is 1.60. The minimum absolute atomic E-state index is 0.0758. The van der Waals surface area contributed by atoms with Crippen molar-refractivity contribution in [2.24, 2.45) is 17.6 Å². The fourth-order valence-corrected chi connectivity index (χ4v) is 4.70. The first-order valence-corrected chi connectivity index (χ1v) is 12.6. The van der Waals surface area contributed by atoms with E-state index < -0.39 is 18.0 Å². The Hall–Kier alpha value is -3.52. The lowest BCUT2D eigenvalue weighted by molar-refractivity contribution is -0.149. The highest BCUT2D eigenvalue weighted by molar-refractivity contribution is 6.31. The van der Waals surface area contributed by atoms with Crippen molar-refractivity contribution in [1.82, 2.24) is 5.32 Å². The largest absolute Gasteiger partial charge is 0.493 e. The van der Waals surface area contributed by atoms with Crippen LogP contribution in [-0.4, -0.2) is 31.6 Å². The summed E-state index contributed by atoms with van der Waals surface area (Å²) in [6.45, 7) is 3.59. The fourth-order valence-electron chi connectivity index (χ4n) is 4.41. The van der Waals surface area contributed by atoms with Crippen LogP contribution >= 0.6 is 11.6 Å². The third-order valence-electron chi connectivity index (χ3n) is 6.47. The second-order valence-corrected chi connectivity index (χ2v) is 9.50. The number of amides is 1. The van der Waals surface area contributed by atoms with E-state index in [1.54, 1.807) is 55.5 Å². The van der Waals surface area contributed by atoms with Gasteiger partial charge in [-0.15, -0.1) is 0 Å². The van der Waals surface area contributed by atoms with Crippen molar-refractivity contribution >= 4 is 29.4 Å². The highest BCUT2D eigenvalue weighted by Gasteiger charge is 2.32. The zero-order valence-corrected chi connectivity index (χ0v) is 22.0. The number of halogens is 1. The first-order chi connectivity index (χ1) is 17.7. The topological polar surface area (TPSA) is 117 Å². The highest BCUT2D eigenvalue weighted by Crippen LogP contribution is 2.32. The number of nitrogens with one attached hydrogen (secondary N) is 1. The summed E-state index contributed by atoms with van der Waals surface area (Å²) in [5.41, 5.74) is 6.92. The highest BCUT2D eigenvalue weighted by atomic mass is 35.5. The van der Waals surface area contributed by atoms with Gasteiger partial charge in [0.25, 0.3) is 0 Å². The van der Waals surface area contributed by atoms with E-state index in [-0.39, 0.29) is 29.2 Å². The molecule has 1 aliphatic rings. The number of ether oxygens (including phenoxy) is 3. The lowest BCUT2D eigenvalue weighted by atomic mass is 9.80. The first kappa shape index (κ1) is 28.1. The minimum atomic E-state index is -0.826. The van der Waals surface area contributed by atoms with Crippen molar-refractivity contribution in [1.29, 1.82) is 0 Å². The summed E-state index contributed by atoms with van der Waals surface area (Å²) in [7, 11) is 1.41. The molecular weight excluding hydrogens is 496 g/mol. The third-order valence-corrected chi connectivity index (χ3v) is 6.81. The number of esters is 1. The van der Waals surface area contributed by atoms with Crippen molar-refractivity contribution in [3.8, 4) is 5.75 Å². The Bertz CT molecular complexity index is 1140. The van der Waals surface area contributed by atoms with Gasteiger partial charge >= 0.3 is 12.1 Å². The molecule has 1 amide bonds. The SMILES string of the molecule is COC(=O)C1CCCCC1COc1ccc(C(=O)/C(NC(=O)OC(C)c2ccccc2Cl)=C(/C)N)cc1. The molecule has 3 N–H and O–H groups in total. The van der Waals surface area contributed by atoms with Gasteiger partial charge in [-0.05, 0) is 57.0 Å². The third kappa shape index (κ3) is 7.49. The maximum atomic E-state index is 13.1. The molecule has 3 atom stereocenters. The molecule has 1 fully saturated rings. The number of ketones is 1. The maximum absolute atomic E-state index is 13.1. The molecule has 3 unspecified atom stereocenters. The number of carbonyl (C=O) groups is 3. The molecule has 9 heteroatoms. The van der Waals surface area contributed by atoms with E-state index in [0.29, 0.717) is 28.5 Å². The summed E-state index contributed by atoms with van der Waals surface area (Å²) in [6.07, 6.45) is 2.29. The molecule has 37 heavy (non-hydrogen) atoms. The summed E-state index contributed by atoms with van der Waals surface area (Å²) in [5.74, 6) is -0.168. The van der Waals surface area contributed by atoms with Gasteiger partial charge in [-0.1, -0.05) is 42.6 Å². The van der Waals surface area contributed by atoms with E-state index in [1.165, 1.54) is 14.0 Å². The Morgan fingerprint density at radius 3 is 2.41 bits per heavy atom. The van der Waals surface area contributed by atoms with Crippen LogP contribution in [0.5, 0.6) is 5.75 Å². The first-order valence-electron chi connectivity index (χ1n) is 12.2. The molecule has 1 saturated carbocycles. The minimum Gasteiger partial charge on any atom is -0.493 e. The summed E-state index contributed by atoms with van der Waals surface area (Å²) in [4.78, 5) is 37.7. The van der Waals surface area contributed by atoms with Gasteiger partial charge in [-0.3, -0.25) is 14.9 Å². The standard InChI is InChI=1S/C28H33ClN2O6/c1-17(30)25(31-28(34)37-18(2)22-9-6-7-11-24(22)29)26(32)19-12-14-21(15-13-19)36-16-20-8-4-5-10-23(20)27(33)35-3/h6-7,9,11-15,18,20,23H,4-5,8,10,16,30H2,1-3H3,(H,31,34)/b25-17+. The van der Waals surface area contributed by atoms with Crippen molar-refractivity contribution in [2.75, 3.05) is 13.7 Å². The predicted octanol–water partition coefficient (Wildman–Crippen LogP) is 5.56. The lowest BCUT2D eigenvalue weighted by Gasteiger charge is -2.29. The van der Waals surface area contributed by atoms with Gasteiger partial charge < -0.3 is 19.9 Å². The van der Waals surface area contributed by atoms with Gasteiger partial charge in [0.15, 0.2) is 0 Å². The molecule has 0 radical (unpaired) electrons. The number of nitrogens with two attached hydrogens (primary N) is 1. The molecule has 0 spiro atoms. The van der Waals surface area contributed by atoms with Crippen LogP contribution in [0.15, 0.2) is 59.9 Å². The average Bonchev–Trinajstić information content (AvgIpc) is 2.90. The number of alkyl carbamates (subject to hydrolysis) is 1. The van der Waals surface area contributed by atoms with Gasteiger partial charge in [0.05, 0.1) is 19.6 Å². The molecule has 198 valence electrons. The smallest absolute Gasteiger partial charge is 0.412 e. The van der Waals surface area contributed by atoms with Gasteiger partial charge in [0, 0.05) is 27.8 Å². The van der Waals surface area contributed by atoms with E-state index in [2.05, 4.69) is 5.32 Å². The maximum Gasteiger partial charge on any atom is 0.412 e. The zero-order chi connectivity index (χ0) is 26.9. The number of allylic oxidation sites excluding steroid dienone is 2. The second kappa shape index (κ2) is 13.1. The van der Waals surface area contributed by atoms with E-state index in [1.807, 2.05) is 0 Å². The van der Waals surface area contributed by atoms with Crippen LogP contribution in [0.4, 0.5) is 4.79 Å². The number of Topliss-reactive ketones (excluding diaryl/α,β-unsaturated/α-hetero) is 1. The number of methoxy groups -OCH3 is 1. The van der Waals surface area contributed by atoms with Crippen molar-refractivity contribution in [2.45, 2.75) is 45.6 Å². The molecule has 0 bridgehead atoms. The average molecular weight is 529 g/mol. The summed E-state index contributed by atoms with van der Waals surface area (Å²) in [6, 6.07) is 13.6. The van der Waals surface area contributed by atoms with Crippen LogP contribution in [0.2, 0.25) is 5.02 Å². The number of hydrogen-bond acceptors (Lipinski definition) is 7. The molecule has 2 aromatic carbocycles. The van der Waals surface area contributed by atoms with Gasteiger partial charge in [-0.25, -0.2) is 4.79 Å². The molecule has 3 rings (SSSR count). The monoisotopic (exact) mass is 528 g/mol. The number of benzene rings is 2. The molecule has 0 saturated heterocycles. The molecule has 0 heterocycles. The van der Waals surface area contributed by atoms with Crippen molar-refractivity contribution < 1.29 is 28.6 Å². The van der Waals surface area contributed by atoms with E-state index in [0.717, 1.165) is 25.7 Å². The van der Waals surface area contributed by atoms with Crippen LogP contribution in [0.25, 0.3) is 0 Å². The second-order valence-electron chi connectivity index (χ2n) is 9.09. The van der Waals surface area contributed by atoms with Gasteiger partial charge in [-0.2, -0.15) is 0 Å². The van der Waals surface area contributed by atoms with Crippen LogP contribution in [0.1, 0.15) is 61.6 Å². The van der Waals surface area contributed by atoms with Gasteiger partial charge in [0.1, 0.15) is 17.6 Å². The molecule has 2 aromatic rings. The molecule has 1 aliphatic carbocycles. The zero-order valence-electron chi connectivity index (χ0n) is 21.3. The van der Waals surface area contributed by atoms with Crippen LogP contribution in [-0.2, 0) is 14.3 Å². The summed E-state index contributed by atoms with van der Waals surface area (Å²) >= 11 is 6.17. The quantitative estimate of drug-likeness (QED) is 0.248. The van der Waals surface area contributed by atoms with E-state index in [9.17, 15) is 14.4 Å². The van der Waals surface area contributed by atoms with Crippen LogP contribution in [0.3, 0.4) is 0 Å². The Morgan fingerprint density at radius 2 is 1.76 bits per heavy atom. The van der Waals surface area contributed by atoms with E-state index >= 15 is 0 Å². The van der Waals surface area contributed by atoms with Crippen LogP contribution < -0.4 is 15.8 Å². The summed E-state index contributed by atoms with van der Waals surface area (Å²) < 4.78 is 16.3. The molecular formula is C28H33ClN2O6. The lowest BCUT2D eigenvalue weighted by Crippen LogP contribution is -2.32.